The predicted octanol–water partition coefficient (Wildman–Crippen LogP) is 5.95. The van der Waals surface area contributed by atoms with E-state index in [1.807, 2.05) is 23.9 Å². The minimum atomic E-state index is -0.558. The Morgan fingerprint density at radius 1 is 1.11 bits per heavy atom. The topological polar surface area (TPSA) is 69.7 Å². The fourth-order valence-electron chi connectivity index (χ4n) is 5.77. The summed E-state index contributed by atoms with van der Waals surface area (Å²) in [5.74, 6) is 0.317. The molecule has 0 aliphatic carbocycles. The summed E-state index contributed by atoms with van der Waals surface area (Å²) in [7, 11) is 2.27. The maximum atomic E-state index is 13.0. The second-order valence-corrected chi connectivity index (χ2v) is 11.6. The van der Waals surface area contributed by atoms with E-state index in [1.54, 1.807) is 4.90 Å². The van der Waals surface area contributed by atoms with Crippen molar-refractivity contribution in [3.63, 3.8) is 0 Å². The lowest BCUT2D eigenvalue weighted by Crippen LogP contribution is -2.52. The minimum absolute atomic E-state index is 0.0998. The molecule has 1 aromatic carbocycles. The number of fused-ring (bicyclic) bond motifs is 1. The quantitative estimate of drug-likeness (QED) is 0.125. The zero-order valence-electron chi connectivity index (χ0n) is 23.0. The number of thioether (sulfide) groups is 1. The van der Waals surface area contributed by atoms with Crippen LogP contribution in [0.3, 0.4) is 0 Å². The molecule has 37 heavy (non-hydrogen) atoms. The maximum Gasteiger partial charge on any atom is 0.255 e. The van der Waals surface area contributed by atoms with E-state index >= 15 is 0 Å². The number of hydrogen-bond acceptors (Lipinski definition) is 5. The molecule has 2 aliphatic heterocycles. The van der Waals surface area contributed by atoms with Gasteiger partial charge in [0.05, 0.1) is 0 Å². The lowest BCUT2D eigenvalue weighted by atomic mass is 9.87. The van der Waals surface area contributed by atoms with Crippen LogP contribution in [0.2, 0.25) is 0 Å². The monoisotopic (exact) mass is 527 g/mol. The number of hydrogen-bond donors (Lipinski definition) is 1. The molecule has 1 saturated heterocycles. The summed E-state index contributed by atoms with van der Waals surface area (Å²) in [5, 5.41) is 2.37. The van der Waals surface area contributed by atoms with Crippen molar-refractivity contribution >= 4 is 29.5 Å². The third-order valence-corrected chi connectivity index (χ3v) is 9.52. The molecule has 0 bridgehead atoms. The molecule has 204 valence electrons. The van der Waals surface area contributed by atoms with E-state index in [4.69, 9.17) is 0 Å². The van der Waals surface area contributed by atoms with Crippen LogP contribution < -0.4 is 5.32 Å². The summed E-state index contributed by atoms with van der Waals surface area (Å²) in [6, 6.07) is 5.32. The Morgan fingerprint density at radius 2 is 1.81 bits per heavy atom. The van der Waals surface area contributed by atoms with E-state index in [9.17, 15) is 14.4 Å². The Kier molecular flexibility index (Phi) is 11.3. The van der Waals surface area contributed by atoms with Gasteiger partial charge in [0.2, 0.25) is 11.8 Å². The molecular formula is C30H45N3O3S. The Balaban J connectivity index is 1.36. The average molecular weight is 528 g/mol. The summed E-state index contributed by atoms with van der Waals surface area (Å²) >= 11 is 1.81. The fourth-order valence-corrected chi connectivity index (χ4v) is 6.86. The molecule has 0 radical (unpaired) electrons. The van der Waals surface area contributed by atoms with E-state index in [1.165, 1.54) is 32.1 Å². The Bertz CT molecular complexity index is 959. The van der Waals surface area contributed by atoms with Crippen molar-refractivity contribution < 1.29 is 14.4 Å². The first-order chi connectivity index (χ1) is 17.9. The largest absolute Gasteiger partial charge is 0.322 e. The Morgan fingerprint density at radius 3 is 2.49 bits per heavy atom. The summed E-state index contributed by atoms with van der Waals surface area (Å²) in [6.07, 6.45) is 13.6. The summed E-state index contributed by atoms with van der Waals surface area (Å²) in [4.78, 5) is 42.1. The van der Waals surface area contributed by atoms with Gasteiger partial charge in [-0.05, 0) is 75.6 Å². The van der Waals surface area contributed by atoms with Gasteiger partial charge >= 0.3 is 0 Å². The Labute approximate surface area is 227 Å². The van der Waals surface area contributed by atoms with Crippen LogP contribution in [0.5, 0.6) is 0 Å². The molecule has 6 nitrogen and oxygen atoms in total. The van der Waals surface area contributed by atoms with Gasteiger partial charge in [-0.15, -0.1) is 18.3 Å². The van der Waals surface area contributed by atoms with Crippen molar-refractivity contribution in [3.8, 4) is 0 Å². The number of carbonyl (C=O) groups excluding carboxylic acids is 3. The molecule has 0 spiro atoms. The molecule has 1 fully saturated rings. The summed E-state index contributed by atoms with van der Waals surface area (Å²) < 4.78 is 0. The molecule has 0 aromatic heterocycles. The number of unbranched alkanes of at least 4 members (excludes halogenated alkanes) is 5. The van der Waals surface area contributed by atoms with E-state index < -0.39 is 6.04 Å². The van der Waals surface area contributed by atoms with Gasteiger partial charge in [-0.25, -0.2) is 0 Å². The smallest absolute Gasteiger partial charge is 0.255 e. The highest BCUT2D eigenvalue weighted by molar-refractivity contribution is 7.99. The molecule has 1 atom stereocenters. The number of amides is 3. The van der Waals surface area contributed by atoms with Gasteiger partial charge in [0.1, 0.15) is 6.04 Å². The van der Waals surface area contributed by atoms with Gasteiger partial charge in [0.15, 0.2) is 0 Å². The van der Waals surface area contributed by atoms with Crippen molar-refractivity contribution in [1.82, 2.24) is 15.1 Å². The number of nitrogens with one attached hydrogen (secondary N) is 1. The van der Waals surface area contributed by atoms with Crippen LogP contribution in [-0.4, -0.2) is 58.4 Å². The first kappa shape index (κ1) is 29.4. The molecule has 0 saturated carbocycles. The summed E-state index contributed by atoms with van der Waals surface area (Å²) in [5.41, 5.74) is 1.99. The van der Waals surface area contributed by atoms with Crippen LogP contribution in [0.25, 0.3) is 0 Å². The standard InChI is InChI=1S/C30H45N3O3S/c1-5-19-30(6-2,7-3)32(4)20-12-10-8-9-11-13-21-37-26-16-14-15-23-24(26)22-33(29(23)36)25-17-18-27(34)31-28(25)35/h5,14-16,25H,1,6-13,17-22H2,2-4H3,(H,31,34,35). The van der Waals surface area contributed by atoms with Crippen molar-refractivity contribution in [2.24, 2.45) is 0 Å². The number of rotatable bonds is 16. The average Bonchev–Trinajstić information content (AvgIpc) is 3.23. The van der Waals surface area contributed by atoms with Crippen LogP contribution in [0.4, 0.5) is 0 Å². The van der Waals surface area contributed by atoms with E-state index in [0.29, 0.717) is 18.5 Å². The van der Waals surface area contributed by atoms with Gasteiger partial charge in [-0.1, -0.05) is 51.7 Å². The number of carbonyl (C=O) groups is 3. The third kappa shape index (κ3) is 7.26. The van der Waals surface area contributed by atoms with Gasteiger partial charge in [0, 0.05) is 29.0 Å². The highest BCUT2D eigenvalue weighted by Crippen LogP contribution is 2.35. The van der Waals surface area contributed by atoms with Crippen molar-refractivity contribution in [3.05, 3.63) is 42.0 Å². The van der Waals surface area contributed by atoms with Crippen molar-refractivity contribution in [1.29, 1.82) is 0 Å². The molecule has 7 heteroatoms. The van der Waals surface area contributed by atoms with Crippen molar-refractivity contribution in [2.45, 2.75) is 107 Å². The summed E-state index contributed by atoms with van der Waals surface area (Å²) in [6.45, 7) is 10.1. The van der Waals surface area contributed by atoms with Gasteiger partial charge in [-0.3, -0.25) is 19.7 Å². The molecule has 3 rings (SSSR count). The van der Waals surface area contributed by atoms with E-state index in [-0.39, 0.29) is 29.7 Å². The first-order valence-electron chi connectivity index (χ1n) is 14.1. The van der Waals surface area contributed by atoms with Gasteiger partial charge in [0.25, 0.3) is 5.91 Å². The lowest BCUT2D eigenvalue weighted by Gasteiger charge is -2.40. The van der Waals surface area contributed by atoms with Gasteiger partial charge < -0.3 is 9.80 Å². The molecule has 1 unspecified atom stereocenters. The number of imide groups is 1. The zero-order valence-corrected chi connectivity index (χ0v) is 23.8. The Hall–Kier alpha value is -2.12. The third-order valence-electron chi connectivity index (χ3n) is 8.33. The van der Waals surface area contributed by atoms with Crippen LogP contribution in [0.1, 0.15) is 100 Å². The highest BCUT2D eigenvalue weighted by atomic mass is 32.2. The molecule has 2 aliphatic rings. The normalized spacial score (nSPS) is 17.9. The maximum absolute atomic E-state index is 13.0. The SMILES string of the molecule is C=CCC(CC)(CC)N(C)CCCCCCCCSc1cccc2c1CN(C1CCC(=O)NC1=O)C2=O. The van der Waals surface area contributed by atoms with Crippen LogP contribution in [0.15, 0.2) is 35.7 Å². The lowest BCUT2D eigenvalue weighted by molar-refractivity contribution is -0.136. The molecule has 1 aromatic rings. The second kappa shape index (κ2) is 14.1. The predicted molar refractivity (Wildman–Crippen MR) is 152 cm³/mol. The number of piperidine rings is 1. The molecule has 2 heterocycles. The number of benzene rings is 1. The fraction of sp³-hybridized carbons (Fsp3) is 0.633. The van der Waals surface area contributed by atoms with Crippen LogP contribution >= 0.6 is 11.8 Å². The van der Waals surface area contributed by atoms with Crippen LogP contribution in [-0.2, 0) is 16.1 Å². The van der Waals surface area contributed by atoms with E-state index in [2.05, 4.69) is 49.8 Å². The van der Waals surface area contributed by atoms with Gasteiger partial charge in [-0.2, -0.15) is 0 Å². The zero-order chi connectivity index (χ0) is 26.8. The minimum Gasteiger partial charge on any atom is -0.322 e. The highest BCUT2D eigenvalue weighted by Gasteiger charge is 2.39. The number of nitrogens with zero attached hydrogens (tertiary/aromatic N) is 2. The van der Waals surface area contributed by atoms with E-state index in [0.717, 1.165) is 48.4 Å². The molecular weight excluding hydrogens is 482 g/mol. The molecule has 3 amide bonds. The molecule has 1 N–H and O–H groups in total. The first-order valence-corrected chi connectivity index (χ1v) is 15.1. The second-order valence-electron chi connectivity index (χ2n) is 10.5. The van der Waals surface area contributed by atoms with Crippen LogP contribution in [0, 0.1) is 0 Å². The van der Waals surface area contributed by atoms with Crippen molar-refractivity contribution in [2.75, 3.05) is 19.3 Å².